The zero-order valence-electron chi connectivity index (χ0n) is 10.0. The molecule has 0 atom stereocenters. The zero-order chi connectivity index (χ0) is 13.9. The van der Waals surface area contributed by atoms with Crippen molar-refractivity contribution < 1.29 is 13.2 Å². The van der Waals surface area contributed by atoms with Crippen molar-refractivity contribution in [2.45, 2.75) is 9.79 Å². The molecule has 3 nitrogen and oxygen atoms in total. The molecular formula is C13H11ClO3S2. The number of para-hydroxylation sites is 1. The first-order chi connectivity index (χ1) is 9.00. The number of thioether (sulfide) groups is 1. The van der Waals surface area contributed by atoms with Gasteiger partial charge in [-0.15, -0.1) is 11.8 Å². The summed E-state index contributed by atoms with van der Waals surface area (Å²) in [5.74, 6) is 1.29. The first-order valence-corrected chi connectivity index (χ1v) is 8.90. The fraction of sp³-hybridized carbons (Fsp3) is 0.0769. The SMILES string of the molecule is CSc1ccccc1Oc1ccc(S(=O)(=O)Cl)cc1. The lowest BCUT2D eigenvalue weighted by Gasteiger charge is -2.09. The number of rotatable bonds is 4. The van der Waals surface area contributed by atoms with E-state index in [0.29, 0.717) is 5.75 Å². The van der Waals surface area contributed by atoms with E-state index in [1.54, 1.807) is 23.9 Å². The van der Waals surface area contributed by atoms with E-state index < -0.39 is 9.05 Å². The average Bonchev–Trinajstić information content (AvgIpc) is 2.39. The number of halogens is 1. The Kier molecular flexibility index (Phi) is 4.39. The summed E-state index contributed by atoms with van der Waals surface area (Å²) in [6.45, 7) is 0. The van der Waals surface area contributed by atoms with Crippen LogP contribution < -0.4 is 4.74 Å². The Labute approximate surface area is 121 Å². The Hall–Kier alpha value is -1.17. The first-order valence-electron chi connectivity index (χ1n) is 5.36. The number of hydrogen-bond acceptors (Lipinski definition) is 4. The van der Waals surface area contributed by atoms with Gasteiger partial charge in [-0.05, 0) is 42.7 Å². The maximum Gasteiger partial charge on any atom is 0.261 e. The molecule has 0 saturated carbocycles. The van der Waals surface area contributed by atoms with E-state index in [-0.39, 0.29) is 4.90 Å². The van der Waals surface area contributed by atoms with Gasteiger partial charge in [-0.3, -0.25) is 0 Å². The molecule has 0 aromatic heterocycles. The van der Waals surface area contributed by atoms with Crippen LogP contribution in [0.25, 0.3) is 0 Å². The fourth-order valence-electron chi connectivity index (χ4n) is 1.50. The molecule has 0 unspecified atom stereocenters. The van der Waals surface area contributed by atoms with E-state index in [1.807, 2.05) is 30.5 Å². The van der Waals surface area contributed by atoms with Crippen LogP contribution in [0, 0.1) is 0 Å². The molecule has 0 saturated heterocycles. The molecule has 0 N–H and O–H groups in total. The highest BCUT2D eigenvalue weighted by atomic mass is 35.7. The van der Waals surface area contributed by atoms with Crippen molar-refractivity contribution >= 4 is 31.5 Å². The van der Waals surface area contributed by atoms with Crippen LogP contribution in [0.1, 0.15) is 0 Å². The van der Waals surface area contributed by atoms with Gasteiger partial charge in [-0.1, -0.05) is 12.1 Å². The molecule has 0 bridgehead atoms. The highest BCUT2D eigenvalue weighted by Crippen LogP contribution is 2.31. The van der Waals surface area contributed by atoms with Gasteiger partial charge in [0, 0.05) is 15.6 Å². The van der Waals surface area contributed by atoms with Crippen LogP contribution in [0.3, 0.4) is 0 Å². The summed E-state index contributed by atoms with van der Waals surface area (Å²) in [5.41, 5.74) is 0. The van der Waals surface area contributed by atoms with Crippen molar-refractivity contribution in [3.8, 4) is 11.5 Å². The Morgan fingerprint density at radius 2 is 1.68 bits per heavy atom. The molecule has 0 aliphatic rings. The molecule has 0 fully saturated rings. The van der Waals surface area contributed by atoms with Crippen molar-refractivity contribution in [1.29, 1.82) is 0 Å². The van der Waals surface area contributed by atoms with Gasteiger partial charge < -0.3 is 4.74 Å². The zero-order valence-corrected chi connectivity index (χ0v) is 12.4. The molecular weight excluding hydrogens is 304 g/mol. The fourth-order valence-corrected chi connectivity index (χ4v) is 2.80. The van der Waals surface area contributed by atoms with Gasteiger partial charge in [0.15, 0.2) is 0 Å². The average molecular weight is 315 g/mol. The lowest BCUT2D eigenvalue weighted by Crippen LogP contribution is -1.91. The molecule has 0 heterocycles. The Bertz CT molecular complexity index is 667. The van der Waals surface area contributed by atoms with Crippen molar-refractivity contribution in [2.75, 3.05) is 6.26 Å². The van der Waals surface area contributed by atoms with Gasteiger partial charge in [-0.2, -0.15) is 0 Å². The summed E-state index contributed by atoms with van der Waals surface area (Å²) in [7, 11) is 1.55. The molecule has 19 heavy (non-hydrogen) atoms. The second kappa shape index (κ2) is 5.86. The molecule has 0 aliphatic carbocycles. The third-order valence-electron chi connectivity index (χ3n) is 2.40. The van der Waals surface area contributed by atoms with Crippen molar-refractivity contribution in [1.82, 2.24) is 0 Å². The van der Waals surface area contributed by atoms with E-state index in [4.69, 9.17) is 15.4 Å². The van der Waals surface area contributed by atoms with Crippen LogP contribution in [-0.2, 0) is 9.05 Å². The lowest BCUT2D eigenvalue weighted by molar-refractivity contribution is 0.470. The Morgan fingerprint density at radius 3 is 2.26 bits per heavy atom. The number of hydrogen-bond donors (Lipinski definition) is 0. The predicted octanol–water partition coefficient (Wildman–Crippen LogP) is 4.13. The first kappa shape index (κ1) is 14.2. The molecule has 2 rings (SSSR count). The molecule has 0 aliphatic heterocycles. The van der Waals surface area contributed by atoms with Crippen LogP contribution in [-0.4, -0.2) is 14.7 Å². The molecule has 0 spiro atoms. The maximum atomic E-state index is 11.1. The minimum Gasteiger partial charge on any atom is -0.456 e. The van der Waals surface area contributed by atoms with E-state index in [2.05, 4.69) is 0 Å². The second-order valence-electron chi connectivity index (χ2n) is 3.66. The summed E-state index contributed by atoms with van der Waals surface area (Å²) < 4.78 is 28.0. The van der Waals surface area contributed by atoms with Crippen LogP contribution in [0.5, 0.6) is 11.5 Å². The van der Waals surface area contributed by atoms with Gasteiger partial charge in [0.25, 0.3) is 9.05 Å². The van der Waals surface area contributed by atoms with Crippen LogP contribution in [0.15, 0.2) is 58.3 Å². The highest BCUT2D eigenvalue weighted by Gasteiger charge is 2.10. The van der Waals surface area contributed by atoms with Crippen molar-refractivity contribution in [3.05, 3.63) is 48.5 Å². The van der Waals surface area contributed by atoms with Crippen LogP contribution in [0.4, 0.5) is 0 Å². The van der Waals surface area contributed by atoms with E-state index in [0.717, 1.165) is 10.6 Å². The van der Waals surface area contributed by atoms with Gasteiger partial charge >= 0.3 is 0 Å². The van der Waals surface area contributed by atoms with Crippen LogP contribution >= 0.6 is 22.4 Å². The van der Waals surface area contributed by atoms with Crippen LogP contribution in [0.2, 0.25) is 0 Å². The lowest BCUT2D eigenvalue weighted by atomic mass is 10.3. The smallest absolute Gasteiger partial charge is 0.261 e. The van der Waals surface area contributed by atoms with E-state index in [9.17, 15) is 8.42 Å². The molecule has 0 amide bonds. The van der Waals surface area contributed by atoms with Gasteiger partial charge in [0.1, 0.15) is 11.5 Å². The molecule has 100 valence electrons. The summed E-state index contributed by atoms with van der Waals surface area (Å²) in [5, 5.41) is 0. The summed E-state index contributed by atoms with van der Waals surface area (Å²) in [4.78, 5) is 1.07. The third-order valence-corrected chi connectivity index (χ3v) is 4.55. The number of ether oxygens (including phenoxy) is 1. The molecule has 2 aromatic carbocycles. The standard InChI is InChI=1S/C13H11ClO3S2/c1-18-13-5-3-2-4-12(13)17-10-6-8-11(9-7-10)19(14,15)16/h2-9H,1H3. The second-order valence-corrected chi connectivity index (χ2v) is 7.08. The monoisotopic (exact) mass is 314 g/mol. The molecule has 2 aromatic rings. The van der Waals surface area contributed by atoms with Crippen molar-refractivity contribution in [2.24, 2.45) is 0 Å². The summed E-state index contributed by atoms with van der Waals surface area (Å²) in [6, 6.07) is 13.6. The Morgan fingerprint density at radius 1 is 1.05 bits per heavy atom. The maximum absolute atomic E-state index is 11.1. The molecule has 6 heteroatoms. The quantitative estimate of drug-likeness (QED) is 0.628. The predicted molar refractivity (Wildman–Crippen MR) is 77.8 cm³/mol. The topological polar surface area (TPSA) is 43.4 Å². The highest BCUT2D eigenvalue weighted by molar-refractivity contribution is 8.13. The largest absolute Gasteiger partial charge is 0.456 e. The number of benzene rings is 2. The van der Waals surface area contributed by atoms with Gasteiger partial charge in [0.2, 0.25) is 0 Å². The van der Waals surface area contributed by atoms with Gasteiger partial charge in [0.05, 0.1) is 4.90 Å². The minimum atomic E-state index is -3.69. The van der Waals surface area contributed by atoms with E-state index >= 15 is 0 Å². The molecule has 0 radical (unpaired) electrons. The summed E-state index contributed by atoms with van der Waals surface area (Å²) in [6.07, 6.45) is 1.96. The third kappa shape index (κ3) is 3.65. The normalized spacial score (nSPS) is 11.3. The van der Waals surface area contributed by atoms with E-state index in [1.165, 1.54) is 12.1 Å². The summed E-state index contributed by atoms with van der Waals surface area (Å²) >= 11 is 1.58. The van der Waals surface area contributed by atoms with Crippen molar-refractivity contribution in [3.63, 3.8) is 0 Å². The Balaban J connectivity index is 2.25. The van der Waals surface area contributed by atoms with Gasteiger partial charge in [-0.25, -0.2) is 8.42 Å². The minimum absolute atomic E-state index is 0.0552.